The lowest BCUT2D eigenvalue weighted by molar-refractivity contribution is 0.487. The van der Waals surface area contributed by atoms with Gasteiger partial charge in [-0.05, 0) is 93.9 Å². The molecule has 1 aromatic heterocycles. The number of nitrogens with zero attached hydrogens (tertiary/aromatic N) is 1. The van der Waals surface area contributed by atoms with E-state index < -0.39 is 0 Å². The molecule has 0 radical (unpaired) electrons. The fraction of sp³-hybridized carbons (Fsp3) is 0. The van der Waals surface area contributed by atoms with Gasteiger partial charge in [0.2, 0.25) is 0 Å². The molecule has 0 N–H and O–H groups in total. The Bertz CT molecular complexity index is 2670. The summed E-state index contributed by atoms with van der Waals surface area (Å²) in [6.07, 6.45) is 0. The molecule has 0 atom stereocenters. The minimum Gasteiger partial charge on any atom is -0.456 e. The monoisotopic (exact) mass is 627 g/mol. The van der Waals surface area contributed by atoms with Gasteiger partial charge in [-0.25, -0.2) is 0 Å². The van der Waals surface area contributed by atoms with Crippen molar-refractivity contribution in [1.82, 2.24) is 0 Å². The van der Waals surface area contributed by atoms with Crippen molar-refractivity contribution in [3.05, 3.63) is 176 Å². The number of furan rings is 1. The van der Waals surface area contributed by atoms with Gasteiger partial charge < -0.3 is 14.1 Å². The molecule has 0 fully saturated rings. The highest BCUT2D eigenvalue weighted by molar-refractivity contribution is 6.10. The van der Waals surface area contributed by atoms with Crippen LogP contribution >= 0.6 is 0 Å². The number of ether oxygens (including phenoxy) is 1. The summed E-state index contributed by atoms with van der Waals surface area (Å²) in [5.74, 6) is 1.78. The Hall–Kier alpha value is -6.58. The summed E-state index contributed by atoms with van der Waals surface area (Å²) in [6.45, 7) is 0. The predicted molar refractivity (Wildman–Crippen MR) is 202 cm³/mol. The van der Waals surface area contributed by atoms with Gasteiger partial charge in [-0.2, -0.15) is 0 Å². The molecule has 0 bridgehead atoms. The molecule has 0 aliphatic carbocycles. The molecular weight excluding hydrogens is 599 g/mol. The fourth-order valence-corrected chi connectivity index (χ4v) is 7.36. The molecule has 8 aromatic carbocycles. The fourth-order valence-electron chi connectivity index (χ4n) is 7.36. The summed E-state index contributed by atoms with van der Waals surface area (Å²) < 4.78 is 12.9. The van der Waals surface area contributed by atoms with Crippen LogP contribution in [0, 0.1) is 0 Å². The van der Waals surface area contributed by atoms with Crippen LogP contribution in [0.15, 0.2) is 180 Å². The molecular formula is C46H29NO2. The van der Waals surface area contributed by atoms with E-state index in [2.05, 4.69) is 163 Å². The quantitative estimate of drug-likeness (QED) is 0.190. The van der Waals surface area contributed by atoms with Crippen molar-refractivity contribution >= 4 is 49.8 Å². The molecule has 3 nitrogen and oxygen atoms in total. The molecule has 0 unspecified atom stereocenters. The molecule has 1 aliphatic rings. The number of anilines is 3. The SMILES string of the molecule is c1ccc(-c2ccc3c(c2)Oc2ccc(-c4ccc(N(c5ccccc5)c5ccc6c(c5)oc5ccccc56)cc4)c4cccc-3c24)cc1. The zero-order valence-corrected chi connectivity index (χ0v) is 26.5. The van der Waals surface area contributed by atoms with Crippen molar-refractivity contribution in [2.24, 2.45) is 0 Å². The van der Waals surface area contributed by atoms with Crippen molar-refractivity contribution in [1.29, 1.82) is 0 Å². The number of benzene rings is 8. The molecule has 1 aliphatic heterocycles. The molecule has 2 heterocycles. The number of hydrogen-bond donors (Lipinski definition) is 0. The minimum absolute atomic E-state index is 0.875. The molecule has 0 amide bonds. The lowest BCUT2D eigenvalue weighted by Gasteiger charge is -2.26. The Kier molecular flexibility index (Phi) is 6.18. The Balaban J connectivity index is 1.05. The van der Waals surface area contributed by atoms with Crippen molar-refractivity contribution in [2.45, 2.75) is 0 Å². The first-order valence-corrected chi connectivity index (χ1v) is 16.6. The van der Waals surface area contributed by atoms with E-state index in [0.29, 0.717) is 0 Å². The van der Waals surface area contributed by atoms with Crippen LogP contribution in [0.1, 0.15) is 0 Å². The van der Waals surface area contributed by atoms with Gasteiger partial charge in [-0.15, -0.1) is 0 Å². The van der Waals surface area contributed by atoms with Gasteiger partial charge in [0.1, 0.15) is 22.7 Å². The van der Waals surface area contributed by atoms with E-state index in [1.807, 2.05) is 18.2 Å². The first kappa shape index (κ1) is 27.5. The van der Waals surface area contributed by atoms with E-state index in [9.17, 15) is 0 Å². The summed E-state index contributed by atoms with van der Waals surface area (Å²) in [6, 6.07) is 61.9. The molecule has 9 aromatic rings. The van der Waals surface area contributed by atoms with Gasteiger partial charge in [0.15, 0.2) is 0 Å². The summed E-state index contributed by atoms with van der Waals surface area (Å²) in [5, 5.41) is 4.57. The molecule has 3 heteroatoms. The number of para-hydroxylation sites is 2. The zero-order chi connectivity index (χ0) is 32.3. The van der Waals surface area contributed by atoms with Gasteiger partial charge >= 0.3 is 0 Å². The second kappa shape index (κ2) is 11.0. The van der Waals surface area contributed by atoms with Gasteiger partial charge in [0.25, 0.3) is 0 Å². The minimum atomic E-state index is 0.875. The normalized spacial score (nSPS) is 11.8. The molecule has 0 saturated heterocycles. The van der Waals surface area contributed by atoms with Crippen molar-refractivity contribution in [3.8, 4) is 44.9 Å². The highest BCUT2D eigenvalue weighted by atomic mass is 16.5. The first-order valence-electron chi connectivity index (χ1n) is 16.6. The second-order valence-corrected chi connectivity index (χ2v) is 12.5. The van der Waals surface area contributed by atoms with Gasteiger partial charge in [-0.1, -0.05) is 109 Å². The third kappa shape index (κ3) is 4.51. The maximum atomic E-state index is 6.59. The van der Waals surface area contributed by atoms with Gasteiger partial charge in [-0.3, -0.25) is 0 Å². The zero-order valence-electron chi connectivity index (χ0n) is 26.5. The maximum absolute atomic E-state index is 6.59. The lowest BCUT2D eigenvalue weighted by atomic mass is 9.89. The third-order valence-electron chi connectivity index (χ3n) is 9.67. The summed E-state index contributed by atoms with van der Waals surface area (Å²) in [5.41, 5.74) is 11.9. The van der Waals surface area contributed by atoms with Gasteiger partial charge in [0.05, 0.1) is 0 Å². The molecule has 10 rings (SSSR count). The van der Waals surface area contributed by atoms with Crippen LogP contribution in [0.25, 0.3) is 66.1 Å². The van der Waals surface area contributed by atoms with Crippen LogP contribution in [-0.2, 0) is 0 Å². The van der Waals surface area contributed by atoms with E-state index >= 15 is 0 Å². The van der Waals surface area contributed by atoms with E-state index in [-0.39, 0.29) is 0 Å². The Morgan fingerprint density at radius 3 is 1.88 bits per heavy atom. The largest absolute Gasteiger partial charge is 0.456 e. The maximum Gasteiger partial charge on any atom is 0.137 e. The molecule has 0 spiro atoms. The predicted octanol–water partition coefficient (Wildman–Crippen LogP) is 13.3. The molecule has 0 saturated carbocycles. The molecule has 230 valence electrons. The van der Waals surface area contributed by atoms with E-state index in [1.54, 1.807) is 0 Å². The Morgan fingerprint density at radius 1 is 0.347 bits per heavy atom. The first-order chi connectivity index (χ1) is 24.3. The van der Waals surface area contributed by atoms with Crippen LogP contribution < -0.4 is 9.64 Å². The van der Waals surface area contributed by atoms with Crippen molar-refractivity contribution < 1.29 is 9.15 Å². The highest BCUT2D eigenvalue weighted by Gasteiger charge is 2.22. The number of fused-ring (bicyclic) bond motifs is 5. The van der Waals surface area contributed by atoms with Gasteiger partial charge in [0, 0.05) is 44.9 Å². The number of hydrogen-bond acceptors (Lipinski definition) is 3. The van der Waals surface area contributed by atoms with Crippen LogP contribution in [-0.4, -0.2) is 0 Å². The summed E-state index contributed by atoms with van der Waals surface area (Å²) in [7, 11) is 0. The van der Waals surface area contributed by atoms with Crippen LogP contribution in [0.5, 0.6) is 11.5 Å². The van der Waals surface area contributed by atoms with E-state index in [0.717, 1.165) is 72.6 Å². The van der Waals surface area contributed by atoms with Crippen LogP contribution in [0.2, 0.25) is 0 Å². The van der Waals surface area contributed by atoms with Crippen LogP contribution in [0.3, 0.4) is 0 Å². The summed E-state index contributed by atoms with van der Waals surface area (Å²) >= 11 is 0. The Labute approximate surface area is 283 Å². The topological polar surface area (TPSA) is 25.6 Å². The van der Waals surface area contributed by atoms with Crippen molar-refractivity contribution in [2.75, 3.05) is 4.90 Å². The summed E-state index contributed by atoms with van der Waals surface area (Å²) in [4.78, 5) is 2.28. The van der Waals surface area contributed by atoms with E-state index in [1.165, 1.54) is 22.1 Å². The smallest absolute Gasteiger partial charge is 0.137 e. The second-order valence-electron chi connectivity index (χ2n) is 12.5. The van der Waals surface area contributed by atoms with Crippen molar-refractivity contribution in [3.63, 3.8) is 0 Å². The third-order valence-corrected chi connectivity index (χ3v) is 9.67. The standard InChI is InChI=1S/C46H29NO2/c1-3-10-30(11-4-1)32-20-24-39-41-16-9-15-40-36(26-27-43(46(40)41)49-44(39)28-32)31-18-21-34(22-19-31)47(33-12-5-2-6-13-33)35-23-25-38-37-14-7-8-17-42(37)48-45(38)29-35/h1-29H. The van der Waals surface area contributed by atoms with Crippen LogP contribution in [0.4, 0.5) is 17.1 Å². The Morgan fingerprint density at radius 2 is 1.02 bits per heavy atom. The lowest BCUT2D eigenvalue weighted by Crippen LogP contribution is -2.09. The highest BCUT2D eigenvalue weighted by Crippen LogP contribution is 2.49. The average molecular weight is 628 g/mol. The molecule has 49 heavy (non-hydrogen) atoms. The average Bonchev–Trinajstić information content (AvgIpc) is 3.54. The number of rotatable bonds is 5. The van der Waals surface area contributed by atoms with E-state index in [4.69, 9.17) is 9.15 Å².